The number of nitrogens with zero attached hydrogens (tertiary/aromatic N) is 4. The summed E-state index contributed by atoms with van der Waals surface area (Å²) in [5.74, 6) is -1.05. The van der Waals surface area contributed by atoms with Crippen LogP contribution in [0.25, 0.3) is 15.7 Å². The second-order valence-corrected chi connectivity index (χ2v) is 4.24. The van der Waals surface area contributed by atoms with Gasteiger partial charge in [-0.25, -0.2) is 14.3 Å². The SMILES string of the molecule is O=C(O)c1cn2nc(-c3ccccn3)sc2n1. The molecular weight excluding hydrogens is 240 g/mol. The van der Waals surface area contributed by atoms with E-state index in [-0.39, 0.29) is 5.69 Å². The van der Waals surface area contributed by atoms with E-state index in [1.165, 1.54) is 22.0 Å². The summed E-state index contributed by atoms with van der Waals surface area (Å²) in [5, 5.41) is 13.7. The molecule has 0 aromatic carbocycles. The normalized spacial score (nSPS) is 10.8. The number of hydrogen-bond acceptors (Lipinski definition) is 5. The maximum Gasteiger partial charge on any atom is 0.356 e. The number of fused-ring (bicyclic) bond motifs is 1. The lowest BCUT2D eigenvalue weighted by atomic mass is 10.4. The molecule has 0 aliphatic carbocycles. The van der Waals surface area contributed by atoms with Crippen molar-refractivity contribution in [2.75, 3.05) is 0 Å². The van der Waals surface area contributed by atoms with Gasteiger partial charge in [-0.05, 0) is 12.1 Å². The molecule has 0 saturated carbocycles. The standard InChI is InChI=1S/C10H6N4O2S/c15-9(16)7-5-14-10(12-7)17-8(13-14)6-3-1-2-4-11-6/h1-5H,(H,15,16). The number of imidazole rings is 1. The third kappa shape index (κ3) is 1.66. The molecule has 17 heavy (non-hydrogen) atoms. The Morgan fingerprint density at radius 2 is 2.29 bits per heavy atom. The minimum atomic E-state index is -1.05. The van der Waals surface area contributed by atoms with Gasteiger partial charge < -0.3 is 5.11 Å². The number of rotatable bonds is 2. The first-order valence-electron chi connectivity index (χ1n) is 4.75. The number of carboxylic acid groups (broad SMARTS) is 1. The molecule has 0 aliphatic heterocycles. The van der Waals surface area contributed by atoms with Crippen LogP contribution in [0.15, 0.2) is 30.6 Å². The number of carbonyl (C=O) groups is 1. The van der Waals surface area contributed by atoms with Gasteiger partial charge in [-0.15, -0.1) is 0 Å². The number of aromatic nitrogens is 4. The van der Waals surface area contributed by atoms with E-state index in [1.807, 2.05) is 18.2 Å². The Balaban J connectivity index is 2.10. The van der Waals surface area contributed by atoms with E-state index in [0.717, 1.165) is 5.69 Å². The summed E-state index contributed by atoms with van der Waals surface area (Å²) < 4.78 is 1.46. The van der Waals surface area contributed by atoms with Crippen LogP contribution in [0.4, 0.5) is 0 Å². The molecule has 7 heteroatoms. The van der Waals surface area contributed by atoms with Crippen LogP contribution in [0, 0.1) is 0 Å². The summed E-state index contributed by atoms with van der Waals surface area (Å²) in [6.45, 7) is 0. The fourth-order valence-electron chi connectivity index (χ4n) is 1.40. The van der Waals surface area contributed by atoms with Crippen LogP contribution in [0.5, 0.6) is 0 Å². The molecule has 3 aromatic heterocycles. The van der Waals surface area contributed by atoms with Crippen LogP contribution in [-0.2, 0) is 0 Å². The average Bonchev–Trinajstić information content (AvgIpc) is 2.87. The molecule has 0 atom stereocenters. The summed E-state index contributed by atoms with van der Waals surface area (Å²) in [6.07, 6.45) is 3.07. The fraction of sp³-hybridized carbons (Fsp3) is 0. The smallest absolute Gasteiger partial charge is 0.356 e. The predicted molar refractivity (Wildman–Crippen MR) is 61.1 cm³/mol. The molecule has 0 aliphatic rings. The van der Waals surface area contributed by atoms with E-state index in [1.54, 1.807) is 6.20 Å². The van der Waals surface area contributed by atoms with E-state index in [4.69, 9.17) is 5.11 Å². The Morgan fingerprint density at radius 3 is 2.94 bits per heavy atom. The Hall–Kier alpha value is -2.28. The lowest BCUT2D eigenvalue weighted by molar-refractivity contribution is 0.0691. The van der Waals surface area contributed by atoms with Crippen LogP contribution < -0.4 is 0 Å². The van der Waals surface area contributed by atoms with Crippen molar-refractivity contribution in [3.8, 4) is 10.7 Å². The number of aromatic carboxylic acids is 1. The first kappa shape index (κ1) is 9.91. The molecule has 3 aromatic rings. The molecule has 0 saturated heterocycles. The van der Waals surface area contributed by atoms with Crippen molar-refractivity contribution in [3.63, 3.8) is 0 Å². The van der Waals surface area contributed by atoms with Crippen molar-refractivity contribution in [1.29, 1.82) is 0 Å². The van der Waals surface area contributed by atoms with Crippen LogP contribution in [0.3, 0.4) is 0 Å². The number of pyridine rings is 1. The second-order valence-electron chi connectivity index (χ2n) is 3.28. The molecule has 3 heterocycles. The van der Waals surface area contributed by atoms with Crippen molar-refractivity contribution >= 4 is 22.3 Å². The fourth-order valence-corrected chi connectivity index (χ4v) is 2.25. The molecule has 6 nitrogen and oxygen atoms in total. The van der Waals surface area contributed by atoms with E-state index in [0.29, 0.717) is 9.97 Å². The lowest BCUT2D eigenvalue weighted by Gasteiger charge is -1.90. The minimum Gasteiger partial charge on any atom is -0.476 e. The second kappa shape index (κ2) is 3.63. The zero-order chi connectivity index (χ0) is 11.8. The summed E-state index contributed by atoms with van der Waals surface area (Å²) in [7, 11) is 0. The maximum atomic E-state index is 10.7. The summed E-state index contributed by atoms with van der Waals surface area (Å²) >= 11 is 1.30. The zero-order valence-corrected chi connectivity index (χ0v) is 9.26. The van der Waals surface area contributed by atoms with Gasteiger partial charge in [0.25, 0.3) is 0 Å². The molecule has 0 amide bonds. The van der Waals surface area contributed by atoms with Crippen LogP contribution in [-0.4, -0.2) is 30.7 Å². The molecule has 0 bridgehead atoms. The summed E-state index contributed by atoms with van der Waals surface area (Å²) in [5.41, 5.74) is 0.746. The highest BCUT2D eigenvalue weighted by atomic mass is 32.1. The molecule has 0 fully saturated rings. The Labute approximate surface area is 99.2 Å². The number of hydrogen-bond donors (Lipinski definition) is 1. The highest BCUT2D eigenvalue weighted by Crippen LogP contribution is 2.23. The van der Waals surface area contributed by atoms with Crippen molar-refractivity contribution in [1.82, 2.24) is 19.6 Å². The Morgan fingerprint density at radius 1 is 1.41 bits per heavy atom. The van der Waals surface area contributed by atoms with E-state index in [9.17, 15) is 4.79 Å². The minimum absolute atomic E-state index is 0.00341. The Kier molecular flexibility index (Phi) is 2.12. The molecular formula is C10H6N4O2S. The largest absolute Gasteiger partial charge is 0.476 e. The molecule has 1 N–H and O–H groups in total. The highest BCUT2D eigenvalue weighted by molar-refractivity contribution is 7.19. The van der Waals surface area contributed by atoms with Gasteiger partial charge in [-0.1, -0.05) is 17.4 Å². The van der Waals surface area contributed by atoms with E-state index >= 15 is 0 Å². The summed E-state index contributed by atoms with van der Waals surface area (Å²) in [6, 6.07) is 5.54. The van der Waals surface area contributed by atoms with Crippen molar-refractivity contribution in [3.05, 3.63) is 36.3 Å². The molecule has 0 unspecified atom stereocenters. The third-order valence-electron chi connectivity index (χ3n) is 2.15. The topological polar surface area (TPSA) is 80.4 Å². The van der Waals surface area contributed by atoms with Crippen molar-refractivity contribution in [2.24, 2.45) is 0 Å². The van der Waals surface area contributed by atoms with E-state index < -0.39 is 5.97 Å². The van der Waals surface area contributed by atoms with Crippen molar-refractivity contribution < 1.29 is 9.90 Å². The monoisotopic (exact) mass is 246 g/mol. The van der Waals surface area contributed by atoms with Gasteiger partial charge in [-0.2, -0.15) is 5.10 Å². The Bertz CT molecular complexity index is 657. The molecule has 3 rings (SSSR count). The van der Waals surface area contributed by atoms with E-state index in [2.05, 4.69) is 15.1 Å². The number of carboxylic acids is 1. The molecule has 0 spiro atoms. The van der Waals surface area contributed by atoms with Gasteiger partial charge >= 0.3 is 5.97 Å². The quantitative estimate of drug-likeness (QED) is 0.742. The van der Waals surface area contributed by atoms with Crippen LogP contribution >= 0.6 is 11.3 Å². The zero-order valence-electron chi connectivity index (χ0n) is 8.44. The lowest BCUT2D eigenvalue weighted by Crippen LogP contribution is -1.95. The average molecular weight is 246 g/mol. The highest BCUT2D eigenvalue weighted by Gasteiger charge is 2.13. The van der Waals surface area contributed by atoms with Gasteiger partial charge in [0.15, 0.2) is 10.7 Å². The van der Waals surface area contributed by atoms with Gasteiger partial charge in [0.1, 0.15) is 5.69 Å². The molecule has 84 valence electrons. The van der Waals surface area contributed by atoms with Crippen LogP contribution in [0.2, 0.25) is 0 Å². The molecule has 0 radical (unpaired) electrons. The first-order chi connectivity index (χ1) is 8.24. The maximum absolute atomic E-state index is 10.7. The predicted octanol–water partition coefficient (Wildman–Crippen LogP) is 1.55. The van der Waals surface area contributed by atoms with Gasteiger partial charge in [0.05, 0.1) is 6.20 Å². The summed E-state index contributed by atoms with van der Waals surface area (Å²) in [4.78, 5) is 19.4. The van der Waals surface area contributed by atoms with Gasteiger partial charge in [0, 0.05) is 6.20 Å². The van der Waals surface area contributed by atoms with Gasteiger partial charge in [-0.3, -0.25) is 4.98 Å². The van der Waals surface area contributed by atoms with Crippen LogP contribution in [0.1, 0.15) is 10.5 Å². The first-order valence-corrected chi connectivity index (χ1v) is 5.56. The van der Waals surface area contributed by atoms with Crippen molar-refractivity contribution in [2.45, 2.75) is 0 Å². The van der Waals surface area contributed by atoms with Gasteiger partial charge in [0.2, 0.25) is 4.96 Å². The third-order valence-corrected chi connectivity index (χ3v) is 3.09.